The van der Waals surface area contributed by atoms with Gasteiger partial charge in [-0.25, -0.2) is 0 Å². The van der Waals surface area contributed by atoms with Crippen molar-refractivity contribution in [3.05, 3.63) is 134 Å². The lowest BCUT2D eigenvalue weighted by molar-refractivity contribution is -0.306. The molecule has 0 aromatic heterocycles. The number of esters is 1. The first kappa shape index (κ1) is 77.7. The number of ether oxygens (including phenoxy) is 3. The number of aliphatic hydroxyl groups excluding tert-OH is 13. The fraction of sp³-hybridized carbons (Fsp3) is 0.642. The van der Waals surface area contributed by atoms with Gasteiger partial charge in [-0.3, -0.25) is 9.59 Å². The second kappa shape index (κ2) is 45.0. The van der Waals surface area contributed by atoms with Gasteiger partial charge in [0.15, 0.2) is 6.29 Å². The highest BCUT2D eigenvalue weighted by atomic mass is 16.7. The van der Waals surface area contributed by atoms with Crippen LogP contribution in [0.2, 0.25) is 0 Å². The number of hydrogen-bond donors (Lipinski definition) is 14. The van der Waals surface area contributed by atoms with Crippen LogP contribution in [-0.2, 0) is 23.8 Å². The van der Waals surface area contributed by atoms with Crippen LogP contribution in [0.25, 0.3) is 0 Å². The molecule has 1 saturated heterocycles. The van der Waals surface area contributed by atoms with Gasteiger partial charge in [-0.2, -0.15) is 0 Å². The van der Waals surface area contributed by atoms with Gasteiger partial charge in [0, 0.05) is 43.4 Å². The third kappa shape index (κ3) is 33.8. The average Bonchev–Trinajstić information content (AvgIpc) is 2.13. The summed E-state index contributed by atoms with van der Waals surface area (Å²) < 4.78 is 17.7. The predicted molar refractivity (Wildman–Crippen MR) is 332 cm³/mol. The van der Waals surface area contributed by atoms with Crippen molar-refractivity contribution in [2.24, 2.45) is 23.5 Å². The number of aliphatic hydroxyl groups is 13. The predicted octanol–water partition coefficient (Wildman–Crippen LogP) is 5.31. The van der Waals surface area contributed by atoms with Gasteiger partial charge in [0.05, 0.1) is 73.2 Å². The largest absolute Gasteiger partial charge is 0.458 e. The van der Waals surface area contributed by atoms with Gasteiger partial charge >= 0.3 is 5.97 Å². The summed E-state index contributed by atoms with van der Waals surface area (Å²) in [5, 5.41) is 140. The van der Waals surface area contributed by atoms with Crippen molar-refractivity contribution >= 4 is 11.8 Å². The number of nitrogens with two attached hydrogens (primary N) is 1. The third-order valence-corrected chi connectivity index (χ3v) is 15.3. The zero-order chi connectivity index (χ0) is 64.0. The zero-order valence-electron chi connectivity index (χ0n) is 51.2. The molecule has 0 amide bonds. The molecule has 86 heavy (non-hydrogen) atoms. The van der Waals surface area contributed by atoms with Gasteiger partial charge in [-0.05, 0) is 109 Å². The zero-order valence-corrected chi connectivity index (χ0v) is 51.2. The molecule has 1 fully saturated rings. The first-order valence-electron chi connectivity index (χ1n) is 30.8. The van der Waals surface area contributed by atoms with E-state index in [1.807, 2.05) is 61.6 Å². The summed E-state index contributed by atoms with van der Waals surface area (Å²) in [5.74, 6) is -2.68. The van der Waals surface area contributed by atoms with Gasteiger partial charge in [-0.15, -0.1) is 6.58 Å². The Morgan fingerprint density at radius 2 is 1.31 bits per heavy atom. The first-order valence-corrected chi connectivity index (χ1v) is 30.8. The Morgan fingerprint density at radius 3 is 2.01 bits per heavy atom. The maximum Gasteiger partial charge on any atom is 0.306 e. The summed E-state index contributed by atoms with van der Waals surface area (Å²) in [5.41, 5.74) is 6.50. The van der Waals surface area contributed by atoms with E-state index in [-0.39, 0.29) is 63.7 Å². The van der Waals surface area contributed by atoms with Crippen molar-refractivity contribution < 1.29 is 90.2 Å². The van der Waals surface area contributed by atoms with Crippen LogP contribution in [0.5, 0.6) is 0 Å². The molecule has 0 radical (unpaired) electrons. The molecule has 20 atom stereocenters. The summed E-state index contributed by atoms with van der Waals surface area (Å²) in [4.78, 5) is 26.8. The Balaban J connectivity index is 2.33. The van der Waals surface area contributed by atoms with Crippen LogP contribution in [-0.4, -0.2) is 189 Å². The lowest BCUT2D eigenvalue weighted by Crippen LogP contribution is -2.58. The fourth-order valence-electron chi connectivity index (χ4n) is 9.81. The van der Waals surface area contributed by atoms with Crippen molar-refractivity contribution in [2.75, 3.05) is 6.54 Å². The maximum absolute atomic E-state index is 13.9. The number of cyclic esters (lactones) is 1. The molecule has 2 aliphatic heterocycles. The normalized spacial score (nSPS) is 34.4. The van der Waals surface area contributed by atoms with Gasteiger partial charge in [-0.1, -0.05) is 142 Å². The minimum absolute atomic E-state index is 0.000868. The van der Waals surface area contributed by atoms with Crippen LogP contribution in [0.3, 0.4) is 0 Å². The van der Waals surface area contributed by atoms with E-state index in [0.717, 1.165) is 5.57 Å². The number of ketones is 1. The first-order chi connectivity index (χ1) is 40.9. The number of Topliss-reactive ketones (excluding diaryl/α,β-unsaturated/α-hetero) is 1. The number of carbonyl (C=O) groups excluding carboxylic acids is 2. The summed E-state index contributed by atoms with van der Waals surface area (Å²) in [6.07, 6.45) is 18.6. The standard InChI is InChI=1S/C67H107NO18/c1-6-7-25-49-26-18-19-34-59(77)47(4)63(80)45(2)24-16-14-12-10-8-9-11-13-15-17-35-62(79)85-58(33-22-29-50(69)27-20-28-51(70)32-23-38-68)43-56(75)41-54(73)39-52(71)30-21-31-53(72)40-55(74)42-57(76)44-60(78)46(3)61(37-36-49)86-67-66(83)65(82)64(81)48(5)84-67/h6,8-16,19-22,24,27,31,33-34,36,45-48,50-59,61,63-67,69-77,80-83H,1,7,17-18,23,25-26,28-30,32,35,37-44,68H2,2-5H3/b10-8?,11-9?,14-12?,15-13?,24-16?,27-20+,31-21?,33-22+,34-19?,49-36?/t45?,46?,47?,48-,50?,51?,52?,53?,54?,55?,56?,57?,58?,59?,61?,63?,64-,65+,66+,67-/m0/s1. The van der Waals surface area contributed by atoms with Gasteiger partial charge in [0.25, 0.3) is 0 Å². The number of rotatable bonds is 14. The van der Waals surface area contributed by atoms with Gasteiger partial charge < -0.3 is 86.3 Å². The molecule has 2 aliphatic rings. The smallest absolute Gasteiger partial charge is 0.306 e. The van der Waals surface area contributed by atoms with Crippen molar-refractivity contribution in [1.82, 2.24) is 0 Å². The summed E-state index contributed by atoms with van der Waals surface area (Å²) in [6, 6.07) is 0. The molecular formula is C67H107NO18. The highest BCUT2D eigenvalue weighted by Crippen LogP contribution is 2.29. The highest BCUT2D eigenvalue weighted by Gasteiger charge is 2.44. The van der Waals surface area contributed by atoms with Crippen molar-refractivity contribution in [3.63, 3.8) is 0 Å². The Bertz CT molecular complexity index is 2190. The molecule has 15 unspecified atom stereocenters. The molecule has 0 spiro atoms. The molecular weight excluding hydrogens is 1110 g/mol. The van der Waals surface area contributed by atoms with E-state index in [4.69, 9.17) is 19.9 Å². The molecule has 2 heterocycles. The minimum atomic E-state index is -1.65. The minimum Gasteiger partial charge on any atom is -0.458 e. The Labute approximate surface area is 511 Å². The SMILES string of the molecule is C=CCCC1=CCC(O[C@@H]2O[C@@H](C)[C@H](O)[C@@H](O)[C@H]2O)C(C)C(=O)CC(O)CC(O)CC(O)C=CCC(O)CC(O)CC(O)CC(/C=C/CC(O)/C=C/CC(O)CCCN)OC(=O)CCC=CC=CC=CC=CC=CC(C)C(O)C(C)C(O)C=CCC1. The number of hydrogen-bond acceptors (Lipinski definition) is 19. The summed E-state index contributed by atoms with van der Waals surface area (Å²) in [6.45, 7) is 11.1. The summed E-state index contributed by atoms with van der Waals surface area (Å²) in [7, 11) is 0. The molecule has 19 nitrogen and oxygen atoms in total. The molecule has 19 heteroatoms. The summed E-state index contributed by atoms with van der Waals surface area (Å²) >= 11 is 0. The van der Waals surface area contributed by atoms with Crippen LogP contribution >= 0.6 is 0 Å². The Morgan fingerprint density at radius 1 is 0.674 bits per heavy atom. The molecule has 0 aromatic carbocycles. The van der Waals surface area contributed by atoms with Gasteiger partial charge in [0.1, 0.15) is 30.2 Å². The molecule has 15 N–H and O–H groups in total. The quantitative estimate of drug-likeness (QED) is 0.0774. The van der Waals surface area contributed by atoms with Crippen LogP contribution in [0.4, 0.5) is 0 Å². The molecule has 0 bridgehead atoms. The highest BCUT2D eigenvalue weighted by molar-refractivity contribution is 5.81. The maximum atomic E-state index is 13.9. The Hall–Kier alpha value is -4.36. The lowest BCUT2D eigenvalue weighted by atomic mass is 9.88. The molecule has 488 valence electrons. The van der Waals surface area contributed by atoms with Gasteiger partial charge in [0.2, 0.25) is 0 Å². The van der Waals surface area contributed by atoms with Crippen molar-refractivity contribution in [1.29, 1.82) is 0 Å². The topological polar surface area (TPSA) is 351 Å². The number of carbonyl (C=O) groups is 2. The second-order valence-electron chi connectivity index (χ2n) is 23.1. The lowest BCUT2D eigenvalue weighted by Gasteiger charge is -2.41. The van der Waals surface area contributed by atoms with E-state index >= 15 is 0 Å². The van der Waals surface area contributed by atoms with E-state index in [1.165, 1.54) is 19.1 Å². The van der Waals surface area contributed by atoms with E-state index < -0.39 is 134 Å². The second-order valence-corrected chi connectivity index (χ2v) is 23.1. The van der Waals surface area contributed by atoms with Crippen LogP contribution in [0, 0.1) is 17.8 Å². The van der Waals surface area contributed by atoms with Crippen LogP contribution in [0.15, 0.2) is 134 Å². The third-order valence-electron chi connectivity index (χ3n) is 15.3. The molecule has 0 saturated carbocycles. The Kier molecular flexibility index (Phi) is 40.7. The van der Waals surface area contributed by atoms with E-state index in [0.29, 0.717) is 57.9 Å². The van der Waals surface area contributed by atoms with Crippen molar-refractivity contribution in [3.8, 4) is 0 Å². The molecule has 2 rings (SSSR count). The fourth-order valence-corrected chi connectivity index (χ4v) is 9.81. The molecule has 0 aliphatic carbocycles. The van der Waals surface area contributed by atoms with Crippen molar-refractivity contribution in [2.45, 2.75) is 247 Å². The van der Waals surface area contributed by atoms with E-state index in [2.05, 4.69) is 6.58 Å². The van der Waals surface area contributed by atoms with E-state index in [9.17, 15) is 76.0 Å². The monoisotopic (exact) mass is 1210 g/mol. The number of allylic oxidation sites excluding steroid dienone is 12. The van der Waals surface area contributed by atoms with E-state index in [1.54, 1.807) is 68.5 Å². The van der Waals surface area contributed by atoms with Crippen LogP contribution < -0.4 is 5.73 Å². The van der Waals surface area contributed by atoms with Crippen LogP contribution in [0.1, 0.15) is 143 Å². The average molecular weight is 1210 g/mol. The molecule has 0 aromatic rings.